The monoisotopic (exact) mass is 299 g/mol. The van der Waals surface area contributed by atoms with E-state index in [1.807, 2.05) is 0 Å². The molecule has 1 N–H and O–H groups in total. The Morgan fingerprint density at radius 1 is 1.18 bits per heavy atom. The Labute approximate surface area is 124 Å². The zero-order valence-electron chi connectivity index (χ0n) is 11.2. The van der Waals surface area contributed by atoms with Gasteiger partial charge in [0, 0.05) is 17.6 Å². The van der Waals surface area contributed by atoms with E-state index in [9.17, 15) is 9.18 Å². The number of hydrogen-bond acceptors (Lipinski definition) is 5. The van der Waals surface area contributed by atoms with Crippen molar-refractivity contribution in [2.75, 3.05) is 0 Å². The first-order chi connectivity index (χ1) is 10.6. The molecule has 2 aromatic heterocycles. The maximum atomic E-state index is 13.2. The van der Waals surface area contributed by atoms with Crippen molar-refractivity contribution >= 4 is 16.9 Å². The van der Waals surface area contributed by atoms with Crippen molar-refractivity contribution < 1.29 is 19.0 Å². The molecule has 3 aromatic rings. The van der Waals surface area contributed by atoms with Crippen molar-refractivity contribution in [3.63, 3.8) is 0 Å². The smallest absolute Gasteiger partial charge is 0.311 e. The van der Waals surface area contributed by atoms with E-state index in [1.54, 1.807) is 12.1 Å². The van der Waals surface area contributed by atoms with Gasteiger partial charge in [0.2, 0.25) is 0 Å². The van der Waals surface area contributed by atoms with Gasteiger partial charge in [0.1, 0.15) is 23.8 Å². The maximum Gasteiger partial charge on any atom is 0.311 e. The number of carboxylic acid groups (broad SMARTS) is 1. The fraction of sp³-hybridized carbons (Fsp3) is 0.0667. The second-order valence-corrected chi connectivity index (χ2v) is 4.48. The van der Waals surface area contributed by atoms with Crippen LogP contribution < -0.4 is 4.74 Å². The molecule has 0 radical (unpaired) electrons. The van der Waals surface area contributed by atoms with Crippen LogP contribution in [0.3, 0.4) is 0 Å². The normalized spacial score (nSPS) is 10.6. The van der Waals surface area contributed by atoms with E-state index in [2.05, 4.69) is 15.0 Å². The fourth-order valence-corrected chi connectivity index (χ4v) is 1.93. The zero-order chi connectivity index (χ0) is 15.5. The van der Waals surface area contributed by atoms with E-state index in [0.717, 1.165) is 0 Å². The third-order valence-corrected chi connectivity index (χ3v) is 2.88. The van der Waals surface area contributed by atoms with Gasteiger partial charge in [0.25, 0.3) is 0 Å². The zero-order valence-corrected chi connectivity index (χ0v) is 11.2. The van der Waals surface area contributed by atoms with Crippen LogP contribution in [-0.4, -0.2) is 26.0 Å². The van der Waals surface area contributed by atoms with Gasteiger partial charge >= 0.3 is 5.97 Å². The van der Waals surface area contributed by atoms with Crippen molar-refractivity contribution in [1.29, 1.82) is 0 Å². The van der Waals surface area contributed by atoms with Gasteiger partial charge in [-0.25, -0.2) is 14.4 Å². The number of fused-ring (bicyclic) bond motifs is 1. The average Bonchev–Trinajstić information content (AvgIpc) is 2.48. The molecule has 7 heteroatoms. The second kappa shape index (κ2) is 5.72. The summed E-state index contributed by atoms with van der Waals surface area (Å²) < 4.78 is 18.9. The van der Waals surface area contributed by atoms with Gasteiger partial charge in [-0.15, -0.1) is 0 Å². The SMILES string of the molecule is O=C(O)Cc1ncc(Oc2ccnc3cc(F)ccc23)cn1. The molecule has 1 aromatic carbocycles. The molecule has 0 spiro atoms. The predicted molar refractivity (Wildman–Crippen MR) is 75.1 cm³/mol. The number of benzene rings is 1. The molecule has 0 fully saturated rings. The van der Waals surface area contributed by atoms with E-state index in [-0.39, 0.29) is 18.1 Å². The fourth-order valence-electron chi connectivity index (χ4n) is 1.93. The number of carboxylic acids is 1. The molecule has 0 saturated carbocycles. The van der Waals surface area contributed by atoms with Crippen molar-refractivity contribution in [1.82, 2.24) is 15.0 Å². The first-order valence-corrected chi connectivity index (χ1v) is 6.36. The van der Waals surface area contributed by atoms with Crippen LogP contribution in [-0.2, 0) is 11.2 Å². The lowest BCUT2D eigenvalue weighted by Gasteiger charge is -2.08. The average molecular weight is 299 g/mol. The maximum absolute atomic E-state index is 13.2. The minimum absolute atomic E-state index is 0.196. The molecule has 0 amide bonds. The first kappa shape index (κ1) is 13.9. The molecule has 6 nitrogen and oxygen atoms in total. The summed E-state index contributed by atoms with van der Waals surface area (Å²) in [5.41, 5.74) is 0.473. The topological polar surface area (TPSA) is 85.2 Å². The largest absolute Gasteiger partial charge is 0.481 e. The number of halogens is 1. The van der Waals surface area contributed by atoms with Crippen LogP contribution in [0.1, 0.15) is 5.82 Å². The molecule has 0 unspecified atom stereocenters. The number of pyridine rings is 1. The summed E-state index contributed by atoms with van der Waals surface area (Å²) in [6.45, 7) is 0. The highest BCUT2D eigenvalue weighted by atomic mass is 19.1. The Kier molecular flexibility index (Phi) is 3.61. The van der Waals surface area contributed by atoms with E-state index < -0.39 is 5.97 Å². The number of hydrogen-bond donors (Lipinski definition) is 1. The molecular formula is C15H10FN3O3. The third-order valence-electron chi connectivity index (χ3n) is 2.88. The van der Waals surface area contributed by atoms with Crippen LogP contribution in [0.2, 0.25) is 0 Å². The molecule has 3 rings (SSSR count). The summed E-state index contributed by atoms with van der Waals surface area (Å²) in [6, 6.07) is 5.86. The van der Waals surface area contributed by atoms with Crippen LogP contribution in [0, 0.1) is 5.82 Å². The Morgan fingerprint density at radius 2 is 1.95 bits per heavy atom. The Bertz CT molecular complexity index is 837. The second-order valence-electron chi connectivity index (χ2n) is 4.48. The van der Waals surface area contributed by atoms with Gasteiger partial charge in [-0.2, -0.15) is 0 Å². The Hall–Kier alpha value is -3.09. The highest BCUT2D eigenvalue weighted by molar-refractivity contribution is 5.85. The lowest BCUT2D eigenvalue weighted by atomic mass is 10.2. The summed E-state index contributed by atoms with van der Waals surface area (Å²) in [4.78, 5) is 22.5. The van der Waals surface area contributed by atoms with Crippen molar-refractivity contribution in [3.05, 3.63) is 54.5 Å². The Balaban J connectivity index is 1.88. The third kappa shape index (κ3) is 2.98. The number of nitrogens with zero attached hydrogens (tertiary/aromatic N) is 3. The van der Waals surface area contributed by atoms with Gasteiger partial charge < -0.3 is 9.84 Å². The number of carbonyl (C=O) groups is 1. The van der Waals surface area contributed by atoms with Crippen LogP contribution in [0.25, 0.3) is 10.9 Å². The van der Waals surface area contributed by atoms with Crippen LogP contribution in [0.15, 0.2) is 42.9 Å². The van der Waals surface area contributed by atoms with Gasteiger partial charge in [-0.05, 0) is 18.2 Å². The summed E-state index contributed by atoms with van der Waals surface area (Å²) in [7, 11) is 0. The molecule has 0 atom stereocenters. The number of aliphatic carboxylic acids is 1. The molecule has 22 heavy (non-hydrogen) atoms. The van der Waals surface area contributed by atoms with Gasteiger partial charge in [-0.3, -0.25) is 9.78 Å². The summed E-state index contributed by atoms with van der Waals surface area (Å²) in [5.74, 6) is -0.346. The van der Waals surface area contributed by atoms with Crippen molar-refractivity contribution in [2.45, 2.75) is 6.42 Å². The molecule has 0 aliphatic heterocycles. The van der Waals surface area contributed by atoms with Crippen molar-refractivity contribution in [3.8, 4) is 11.5 Å². The molecule has 0 saturated heterocycles. The van der Waals surface area contributed by atoms with Crippen molar-refractivity contribution in [2.24, 2.45) is 0 Å². The minimum atomic E-state index is -1.00. The first-order valence-electron chi connectivity index (χ1n) is 6.36. The van der Waals surface area contributed by atoms with Gasteiger partial charge in [0.05, 0.1) is 17.9 Å². The minimum Gasteiger partial charge on any atom is -0.481 e. The standard InChI is InChI=1S/C15H10FN3O3/c16-9-1-2-11-12(5-9)17-4-3-13(11)22-10-7-18-14(19-8-10)6-15(20)21/h1-5,7-8H,6H2,(H,20,21). The molecular weight excluding hydrogens is 289 g/mol. The molecule has 0 aliphatic carbocycles. The highest BCUT2D eigenvalue weighted by Crippen LogP contribution is 2.28. The number of rotatable bonds is 4. The number of aromatic nitrogens is 3. The molecule has 2 heterocycles. The summed E-state index contributed by atoms with van der Waals surface area (Å²) >= 11 is 0. The van der Waals surface area contributed by atoms with E-state index in [4.69, 9.17) is 9.84 Å². The lowest BCUT2D eigenvalue weighted by Crippen LogP contribution is -2.04. The molecule has 0 aliphatic rings. The van der Waals surface area contributed by atoms with Crippen LogP contribution in [0.4, 0.5) is 4.39 Å². The van der Waals surface area contributed by atoms with E-state index >= 15 is 0 Å². The quantitative estimate of drug-likeness (QED) is 0.797. The lowest BCUT2D eigenvalue weighted by molar-refractivity contribution is -0.136. The van der Waals surface area contributed by atoms with E-state index in [1.165, 1.54) is 30.7 Å². The predicted octanol–water partition coefficient (Wildman–Crippen LogP) is 2.58. The molecule has 110 valence electrons. The molecule has 0 bridgehead atoms. The summed E-state index contributed by atoms with van der Waals surface area (Å²) in [5, 5.41) is 9.31. The van der Waals surface area contributed by atoms with Crippen LogP contribution in [0.5, 0.6) is 11.5 Å². The van der Waals surface area contributed by atoms with E-state index in [0.29, 0.717) is 22.4 Å². The van der Waals surface area contributed by atoms with Gasteiger partial charge in [-0.1, -0.05) is 0 Å². The highest BCUT2D eigenvalue weighted by Gasteiger charge is 2.07. The number of ether oxygens (including phenoxy) is 1. The Morgan fingerprint density at radius 3 is 2.68 bits per heavy atom. The van der Waals surface area contributed by atoms with Crippen LogP contribution >= 0.6 is 0 Å². The summed E-state index contributed by atoms with van der Waals surface area (Å²) in [6.07, 6.45) is 4.04. The van der Waals surface area contributed by atoms with Gasteiger partial charge in [0.15, 0.2) is 5.75 Å².